The summed E-state index contributed by atoms with van der Waals surface area (Å²) in [4.78, 5) is 8.59. The maximum atomic E-state index is 9.83. The van der Waals surface area contributed by atoms with E-state index >= 15 is 0 Å². The molecule has 0 radical (unpaired) electrons. The Hall–Kier alpha value is -1.17. The molecular weight excluding hydrogens is 230 g/mol. The summed E-state index contributed by atoms with van der Waals surface area (Å²) in [5.74, 6) is 0.838. The predicted molar refractivity (Wildman–Crippen MR) is 70.5 cm³/mol. The number of β-amino-alcohol motifs (C(OH)–C–C–N with tert-alkyl or cyclic N) is 1. The van der Waals surface area contributed by atoms with E-state index in [0.29, 0.717) is 6.54 Å². The first-order chi connectivity index (χ1) is 8.60. The first-order valence-electron chi connectivity index (χ1n) is 6.25. The number of aromatic nitrogens is 1. The first kappa shape index (κ1) is 13.3. The average molecular weight is 251 g/mol. The van der Waals surface area contributed by atoms with Gasteiger partial charge in [0.25, 0.3) is 0 Å². The van der Waals surface area contributed by atoms with Crippen LogP contribution < -0.4 is 4.90 Å². The van der Waals surface area contributed by atoms with Crippen molar-refractivity contribution < 1.29 is 10.2 Å². The molecule has 2 rings (SSSR count). The highest BCUT2D eigenvalue weighted by Crippen LogP contribution is 2.25. The second kappa shape index (κ2) is 5.65. The fraction of sp³-hybridized carbons (Fsp3) is 0.615. The number of aliphatic hydroxyl groups excluding tert-OH is 2. The Morgan fingerprint density at radius 3 is 2.94 bits per heavy atom. The van der Waals surface area contributed by atoms with Gasteiger partial charge in [-0.3, -0.25) is 0 Å². The van der Waals surface area contributed by atoms with Crippen molar-refractivity contribution in [1.29, 1.82) is 0 Å². The smallest absolute Gasteiger partial charge is 0.129 e. The molecule has 1 aliphatic heterocycles. The summed E-state index contributed by atoms with van der Waals surface area (Å²) in [6.07, 6.45) is 2.18. The number of rotatable bonds is 4. The van der Waals surface area contributed by atoms with Gasteiger partial charge in [-0.25, -0.2) is 4.98 Å². The van der Waals surface area contributed by atoms with Gasteiger partial charge in [0.2, 0.25) is 0 Å². The number of pyridine rings is 1. The molecule has 0 bridgehead atoms. The highest BCUT2D eigenvalue weighted by Gasteiger charge is 2.32. The standard InChI is InChI=1S/C13H21N3O2/c1-15(2)7-11-6-12(18)8-16(11)13-5-10(9-17)3-4-14-13/h3-5,11-12,17-18H,6-9H2,1-2H3. The van der Waals surface area contributed by atoms with Gasteiger partial charge < -0.3 is 20.0 Å². The van der Waals surface area contributed by atoms with Gasteiger partial charge in [0.15, 0.2) is 0 Å². The van der Waals surface area contributed by atoms with Crippen molar-refractivity contribution in [1.82, 2.24) is 9.88 Å². The number of anilines is 1. The molecular formula is C13H21N3O2. The Kier molecular flexibility index (Phi) is 4.16. The molecule has 2 heterocycles. The molecule has 5 heteroatoms. The predicted octanol–water partition coefficient (Wildman–Crippen LogP) is 0.0751. The van der Waals surface area contributed by atoms with E-state index in [-0.39, 0.29) is 18.8 Å². The Morgan fingerprint density at radius 2 is 2.28 bits per heavy atom. The summed E-state index contributed by atoms with van der Waals surface area (Å²) in [5.41, 5.74) is 0.852. The molecule has 1 aromatic rings. The highest BCUT2D eigenvalue weighted by atomic mass is 16.3. The Bertz CT molecular complexity index is 398. The Labute approximate surface area is 108 Å². The number of hydrogen-bond acceptors (Lipinski definition) is 5. The van der Waals surface area contributed by atoms with Crippen LogP contribution in [-0.2, 0) is 6.61 Å². The van der Waals surface area contributed by atoms with Crippen molar-refractivity contribution in [3.05, 3.63) is 23.9 Å². The molecule has 0 amide bonds. The molecule has 18 heavy (non-hydrogen) atoms. The zero-order valence-corrected chi connectivity index (χ0v) is 11.0. The van der Waals surface area contributed by atoms with E-state index in [1.54, 1.807) is 12.3 Å². The monoisotopic (exact) mass is 251 g/mol. The third kappa shape index (κ3) is 2.98. The number of aliphatic hydroxyl groups is 2. The number of nitrogens with zero attached hydrogens (tertiary/aromatic N) is 3. The minimum Gasteiger partial charge on any atom is -0.392 e. The zero-order chi connectivity index (χ0) is 13.1. The minimum absolute atomic E-state index is 0.0181. The summed E-state index contributed by atoms with van der Waals surface area (Å²) in [7, 11) is 4.06. The van der Waals surface area contributed by atoms with E-state index in [1.165, 1.54) is 0 Å². The van der Waals surface area contributed by atoms with Gasteiger partial charge >= 0.3 is 0 Å². The van der Waals surface area contributed by atoms with Gasteiger partial charge in [-0.2, -0.15) is 0 Å². The number of hydrogen-bond donors (Lipinski definition) is 2. The third-order valence-electron chi connectivity index (χ3n) is 3.26. The van der Waals surface area contributed by atoms with E-state index in [2.05, 4.69) is 14.8 Å². The molecule has 0 aliphatic carbocycles. The van der Waals surface area contributed by atoms with Crippen LogP contribution in [0.25, 0.3) is 0 Å². The molecule has 1 saturated heterocycles. The van der Waals surface area contributed by atoms with Crippen molar-refractivity contribution in [2.75, 3.05) is 32.1 Å². The molecule has 5 nitrogen and oxygen atoms in total. The number of likely N-dealkylation sites (N-methyl/N-ethyl adjacent to an activating group) is 1. The van der Waals surface area contributed by atoms with Crippen LogP contribution >= 0.6 is 0 Å². The van der Waals surface area contributed by atoms with Crippen molar-refractivity contribution in [2.45, 2.75) is 25.2 Å². The van der Waals surface area contributed by atoms with Crippen LogP contribution in [0.3, 0.4) is 0 Å². The topological polar surface area (TPSA) is 59.8 Å². The minimum atomic E-state index is -0.297. The van der Waals surface area contributed by atoms with Crippen LogP contribution in [-0.4, -0.2) is 59.4 Å². The van der Waals surface area contributed by atoms with E-state index in [0.717, 1.165) is 24.3 Å². The van der Waals surface area contributed by atoms with Gasteiger partial charge in [0, 0.05) is 25.3 Å². The van der Waals surface area contributed by atoms with Crippen molar-refractivity contribution in [2.24, 2.45) is 0 Å². The lowest BCUT2D eigenvalue weighted by molar-refractivity contribution is 0.191. The van der Waals surface area contributed by atoms with Crippen LogP contribution in [0.15, 0.2) is 18.3 Å². The third-order valence-corrected chi connectivity index (χ3v) is 3.26. The van der Waals surface area contributed by atoms with Gasteiger partial charge in [-0.1, -0.05) is 0 Å². The summed E-state index contributed by atoms with van der Waals surface area (Å²) < 4.78 is 0. The van der Waals surface area contributed by atoms with Gasteiger partial charge in [-0.05, 0) is 38.2 Å². The van der Waals surface area contributed by atoms with Crippen molar-refractivity contribution >= 4 is 5.82 Å². The van der Waals surface area contributed by atoms with E-state index in [9.17, 15) is 5.11 Å². The summed E-state index contributed by atoms with van der Waals surface area (Å²) in [6.45, 7) is 1.52. The molecule has 0 aromatic carbocycles. The van der Waals surface area contributed by atoms with Gasteiger partial charge in [0.05, 0.1) is 12.7 Å². The molecule has 100 valence electrons. The zero-order valence-electron chi connectivity index (χ0n) is 11.0. The molecule has 1 aromatic heterocycles. The maximum Gasteiger partial charge on any atom is 0.129 e. The lowest BCUT2D eigenvalue weighted by atomic mass is 10.2. The second-order valence-corrected chi connectivity index (χ2v) is 5.14. The summed E-state index contributed by atoms with van der Waals surface area (Å²) in [6, 6.07) is 3.97. The normalized spacial score (nSPS) is 23.9. The lowest BCUT2D eigenvalue weighted by Gasteiger charge is -2.27. The van der Waals surface area contributed by atoms with E-state index < -0.39 is 0 Å². The fourth-order valence-corrected chi connectivity index (χ4v) is 2.48. The highest BCUT2D eigenvalue weighted by molar-refractivity contribution is 5.44. The molecule has 0 saturated carbocycles. The molecule has 2 atom stereocenters. The Balaban J connectivity index is 2.18. The Morgan fingerprint density at radius 1 is 1.50 bits per heavy atom. The summed E-state index contributed by atoms with van der Waals surface area (Å²) in [5, 5.41) is 19.0. The molecule has 2 N–H and O–H groups in total. The molecule has 1 fully saturated rings. The van der Waals surface area contributed by atoms with E-state index in [1.807, 2.05) is 20.2 Å². The van der Waals surface area contributed by atoms with Gasteiger partial charge in [-0.15, -0.1) is 0 Å². The van der Waals surface area contributed by atoms with Crippen LogP contribution in [0, 0.1) is 0 Å². The molecule has 2 unspecified atom stereocenters. The summed E-state index contributed by atoms with van der Waals surface area (Å²) >= 11 is 0. The lowest BCUT2D eigenvalue weighted by Crippen LogP contribution is -2.38. The molecule has 1 aliphatic rings. The van der Waals surface area contributed by atoms with Crippen molar-refractivity contribution in [3.63, 3.8) is 0 Å². The molecule has 0 spiro atoms. The van der Waals surface area contributed by atoms with Crippen LogP contribution in [0.5, 0.6) is 0 Å². The second-order valence-electron chi connectivity index (χ2n) is 5.14. The van der Waals surface area contributed by atoms with E-state index in [4.69, 9.17) is 5.11 Å². The van der Waals surface area contributed by atoms with Crippen LogP contribution in [0.2, 0.25) is 0 Å². The fourth-order valence-electron chi connectivity index (χ4n) is 2.48. The SMILES string of the molecule is CN(C)CC1CC(O)CN1c1cc(CO)ccn1. The van der Waals surface area contributed by atoms with Gasteiger partial charge in [0.1, 0.15) is 5.82 Å². The van der Waals surface area contributed by atoms with Crippen LogP contribution in [0.4, 0.5) is 5.82 Å². The van der Waals surface area contributed by atoms with Crippen LogP contribution in [0.1, 0.15) is 12.0 Å². The largest absolute Gasteiger partial charge is 0.392 e. The maximum absolute atomic E-state index is 9.83. The quantitative estimate of drug-likeness (QED) is 0.793. The first-order valence-corrected chi connectivity index (χ1v) is 6.25. The average Bonchev–Trinajstić information content (AvgIpc) is 2.69. The van der Waals surface area contributed by atoms with Crippen molar-refractivity contribution in [3.8, 4) is 0 Å².